The molecule has 0 radical (unpaired) electrons. The van der Waals surface area contributed by atoms with Gasteiger partial charge in [-0.25, -0.2) is 0 Å². The zero-order chi connectivity index (χ0) is 12.4. The Morgan fingerprint density at radius 3 is 2.89 bits per heavy atom. The third-order valence-corrected chi connectivity index (χ3v) is 3.80. The van der Waals surface area contributed by atoms with Crippen LogP contribution < -0.4 is 15.4 Å². The second-order valence-corrected chi connectivity index (χ2v) is 5.04. The molecule has 1 aromatic heterocycles. The molecule has 0 saturated heterocycles. The van der Waals surface area contributed by atoms with Crippen LogP contribution in [0.5, 0.6) is 6.01 Å². The van der Waals surface area contributed by atoms with E-state index in [4.69, 9.17) is 4.74 Å². The summed E-state index contributed by atoms with van der Waals surface area (Å²) < 4.78 is 5.20. The molecule has 1 saturated carbocycles. The SMILES string of the molecule is COc1nc2c(c(NC3CCCC3)n1)CCNC2. The van der Waals surface area contributed by atoms with Crippen molar-refractivity contribution < 1.29 is 4.74 Å². The van der Waals surface area contributed by atoms with E-state index in [1.807, 2.05) is 0 Å². The Balaban J connectivity index is 1.89. The minimum atomic E-state index is 0.470. The summed E-state index contributed by atoms with van der Waals surface area (Å²) in [6.45, 7) is 1.82. The number of hydrogen-bond acceptors (Lipinski definition) is 5. The molecule has 5 heteroatoms. The smallest absolute Gasteiger partial charge is 0.318 e. The lowest BCUT2D eigenvalue weighted by Gasteiger charge is -2.22. The highest BCUT2D eigenvalue weighted by atomic mass is 16.5. The minimum Gasteiger partial charge on any atom is -0.467 e. The highest BCUT2D eigenvalue weighted by molar-refractivity contribution is 5.49. The first-order chi connectivity index (χ1) is 8.86. The average Bonchev–Trinajstić information content (AvgIpc) is 2.91. The van der Waals surface area contributed by atoms with Crippen molar-refractivity contribution in [1.82, 2.24) is 15.3 Å². The molecule has 3 rings (SSSR count). The quantitative estimate of drug-likeness (QED) is 0.848. The Hall–Kier alpha value is -1.36. The van der Waals surface area contributed by atoms with E-state index in [-0.39, 0.29) is 0 Å². The third-order valence-electron chi connectivity index (χ3n) is 3.80. The molecule has 98 valence electrons. The summed E-state index contributed by atoms with van der Waals surface area (Å²) in [5.74, 6) is 0.991. The van der Waals surface area contributed by atoms with Crippen LogP contribution in [0.25, 0.3) is 0 Å². The summed E-state index contributed by atoms with van der Waals surface area (Å²) in [6, 6.07) is 1.04. The van der Waals surface area contributed by atoms with E-state index in [0.29, 0.717) is 12.1 Å². The first-order valence-corrected chi connectivity index (χ1v) is 6.78. The van der Waals surface area contributed by atoms with E-state index in [9.17, 15) is 0 Å². The number of methoxy groups -OCH3 is 1. The molecule has 0 aromatic carbocycles. The molecule has 0 amide bonds. The summed E-state index contributed by atoms with van der Waals surface area (Å²) in [5.41, 5.74) is 2.34. The van der Waals surface area contributed by atoms with Gasteiger partial charge >= 0.3 is 6.01 Å². The van der Waals surface area contributed by atoms with Crippen molar-refractivity contribution in [2.45, 2.75) is 44.7 Å². The monoisotopic (exact) mass is 248 g/mol. The third kappa shape index (κ3) is 2.27. The fraction of sp³-hybridized carbons (Fsp3) is 0.692. The molecule has 0 spiro atoms. The van der Waals surface area contributed by atoms with Crippen LogP contribution >= 0.6 is 0 Å². The number of fused-ring (bicyclic) bond motifs is 1. The molecule has 1 aromatic rings. The van der Waals surface area contributed by atoms with Gasteiger partial charge in [-0.3, -0.25) is 0 Å². The van der Waals surface area contributed by atoms with E-state index in [2.05, 4.69) is 20.6 Å². The molecular weight excluding hydrogens is 228 g/mol. The second kappa shape index (κ2) is 5.10. The van der Waals surface area contributed by atoms with Crippen LogP contribution in [0.4, 0.5) is 5.82 Å². The maximum Gasteiger partial charge on any atom is 0.318 e. The number of hydrogen-bond donors (Lipinski definition) is 2. The van der Waals surface area contributed by atoms with Crippen LogP contribution in [0.15, 0.2) is 0 Å². The number of ether oxygens (including phenoxy) is 1. The molecule has 5 nitrogen and oxygen atoms in total. The Labute approximate surface area is 107 Å². The van der Waals surface area contributed by atoms with E-state index in [0.717, 1.165) is 31.0 Å². The van der Waals surface area contributed by atoms with Crippen molar-refractivity contribution in [3.63, 3.8) is 0 Å². The van der Waals surface area contributed by atoms with Gasteiger partial charge in [0, 0.05) is 18.2 Å². The molecule has 2 heterocycles. The first-order valence-electron chi connectivity index (χ1n) is 6.78. The molecule has 1 aliphatic carbocycles. The van der Waals surface area contributed by atoms with E-state index in [1.165, 1.54) is 31.2 Å². The highest BCUT2D eigenvalue weighted by Crippen LogP contribution is 2.27. The van der Waals surface area contributed by atoms with Crippen LogP contribution in [0.1, 0.15) is 36.9 Å². The molecule has 0 unspecified atom stereocenters. The molecule has 0 bridgehead atoms. The van der Waals surface area contributed by atoms with Crippen molar-refractivity contribution in [3.05, 3.63) is 11.3 Å². The highest BCUT2D eigenvalue weighted by Gasteiger charge is 2.21. The standard InChI is InChI=1S/C13H20N4O/c1-18-13-16-11-8-14-7-6-10(11)12(17-13)15-9-4-2-3-5-9/h9,14H,2-8H2,1H3,(H,15,16,17). The van der Waals surface area contributed by atoms with Crippen molar-refractivity contribution in [2.24, 2.45) is 0 Å². The van der Waals surface area contributed by atoms with Gasteiger partial charge < -0.3 is 15.4 Å². The molecular formula is C13H20N4O. The van der Waals surface area contributed by atoms with Crippen molar-refractivity contribution >= 4 is 5.82 Å². The molecule has 18 heavy (non-hydrogen) atoms. The summed E-state index contributed by atoms with van der Waals surface area (Å²) in [5, 5.41) is 6.92. The molecule has 1 aliphatic heterocycles. The molecule has 2 aliphatic rings. The summed E-state index contributed by atoms with van der Waals surface area (Å²) in [7, 11) is 1.62. The predicted molar refractivity (Wildman–Crippen MR) is 69.9 cm³/mol. The maximum atomic E-state index is 5.20. The summed E-state index contributed by atoms with van der Waals surface area (Å²) >= 11 is 0. The van der Waals surface area contributed by atoms with E-state index >= 15 is 0 Å². The topological polar surface area (TPSA) is 59.1 Å². The predicted octanol–water partition coefficient (Wildman–Crippen LogP) is 1.49. The van der Waals surface area contributed by atoms with Gasteiger partial charge in [-0.1, -0.05) is 12.8 Å². The lowest BCUT2D eigenvalue weighted by atomic mass is 10.1. The van der Waals surface area contributed by atoms with Gasteiger partial charge in [0.05, 0.1) is 12.8 Å². The van der Waals surface area contributed by atoms with E-state index < -0.39 is 0 Å². The average molecular weight is 248 g/mol. The normalized spacial score (nSPS) is 19.6. The van der Waals surface area contributed by atoms with Crippen LogP contribution in [0, 0.1) is 0 Å². The Kier molecular flexibility index (Phi) is 3.32. The van der Waals surface area contributed by atoms with Gasteiger partial charge in [0.15, 0.2) is 0 Å². The van der Waals surface area contributed by atoms with Crippen LogP contribution in [0.3, 0.4) is 0 Å². The first kappa shape index (κ1) is 11.7. The van der Waals surface area contributed by atoms with Crippen molar-refractivity contribution in [1.29, 1.82) is 0 Å². The van der Waals surface area contributed by atoms with Crippen molar-refractivity contribution in [3.8, 4) is 6.01 Å². The van der Waals surface area contributed by atoms with Crippen LogP contribution in [-0.4, -0.2) is 29.7 Å². The Morgan fingerprint density at radius 1 is 1.28 bits per heavy atom. The Bertz CT molecular complexity index is 429. The number of anilines is 1. The van der Waals surface area contributed by atoms with Gasteiger partial charge in [0.25, 0.3) is 0 Å². The fourth-order valence-corrected chi connectivity index (χ4v) is 2.81. The second-order valence-electron chi connectivity index (χ2n) is 5.04. The summed E-state index contributed by atoms with van der Waals surface area (Å²) in [6.07, 6.45) is 6.14. The van der Waals surface area contributed by atoms with Gasteiger partial charge in [-0.05, 0) is 25.8 Å². The largest absolute Gasteiger partial charge is 0.467 e. The summed E-state index contributed by atoms with van der Waals surface area (Å²) in [4.78, 5) is 8.93. The number of aromatic nitrogens is 2. The van der Waals surface area contributed by atoms with Gasteiger partial charge in [-0.15, -0.1) is 0 Å². The molecule has 2 N–H and O–H groups in total. The molecule has 1 fully saturated rings. The van der Waals surface area contributed by atoms with Gasteiger partial charge in [0.2, 0.25) is 0 Å². The number of nitrogens with zero attached hydrogens (tertiary/aromatic N) is 2. The minimum absolute atomic E-state index is 0.470. The zero-order valence-electron chi connectivity index (χ0n) is 10.8. The van der Waals surface area contributed by atoms with Gasteiger partial charge in [0.1, 0.15) is 5.82 Å². The maximum absolute atomic E-state index is 5.20. The van der Waals surface area contributed by atoms with Crippen molar-refractivity contribution in [2.75, 3.05) is 19.0 Å². The molecule has 0 atom stereocenters. The van der Waals surface area contributed by atoms with Crippen LogP contribution in [-0.2, 0) is 13.0 Å². The fourth-order valence-electron chi connectivity index (χ4n) is 2.81. The lowest BCUT2D eigenvalue weighted by Crippen LogP contribution is -2.28. The zero-order valence-corrected chi connectivity index (χ0v) is 10.8. The number of nitrogens with one attached hydrogen (secondary N) is 2. The van der Waals surface area contributed by atoms with E-state index in [1.54, 1.807) is 7.11 Å². The van der Waals surface area contributed by atoms with Crippen LogP contribution in [0.2, 0.25) is 0 Å². The van der Waals surface area contributed by atoms with Gasteiger partial charge in [-0.2, -0.15) is 9.97 Å². The Morgan fingerprint density at radius 2 is 2.11 bits per heavy atom. The number of rotatable bonds is 3. The lowest BCUT2D eigenvalue weighted by molar-refractivity contribution is 0.376.